The number of hydrogen-bond acceptors (Lipinski definition) is 5. The standard InChI is InChI=1S/C21H16N2O5/c1-26-12-8-10-14-16(21(25)23-20(14)24)13-9-6-4-5-7-11(9)22-17(13)15(10)19(28-3)18(12)27-2/h4-8,22H,1-3H3,(H,23,24,25). The average molecular weight is 376 g/mol. The van der Waals surface area contributed by atoms with E-state index in [0.29, 0.717) is 50.1 Å². The number of carbonyl (C=O) groups excluding carboxylic acids is 2. The van der Waals surface area contributed by atoms with E-state index in [1.54, 1.807) is 6.07 Å². The minimum absolute atomic E-state index is 0.316. The van der Waals surface area contributed by atoms with Crippen molar-refractivity contribution in [3.8, 4) is 17.2 Å². The van der Waals surface area contributed by atoms with Crippen molar-refractivity contribution < 1.29 is 23.8 Å². The number of amides is 2. The van der Waals surface area contributed by atoms with Gasteiger partial charge in [-0.1, -0.05) is 18.2 Å². The Hall–Kier alpha value is -3.74. The van der Waals surface area contributed by atoms with Gasteiger partial charge < -0.3 is 19.2 Å². The van der Waals surface area contributed by atoms with Crippen LogP contribution in [0, 0.1) is 0 Å². The van der Waals surface area contributed by atoms with Crippen molar-refractivity contribution >= 4 is 44.4 Å². The lowest BCUT2D eigenvalue weighted by Gasteiger charge is -2.16. The largest absolute Gasteiger partial charge is 0.493 e. The molecule has 0 saturated carbocycles. The van der Waals surface area contributed by atoms with Crippen LogP contribution in [0.3, 0.4) is 0 Å². The van der Waals surface area contributed by atoms with Crippen molar-refractivity contribution in [2.45, 2.75) is 0 Å². The Morgan fingerprint density at radius 1 is 0.786 bits per heavy atom. The number of H-pyrrole nitrogens is 1. The molecule has 2 N–H and O–H groups in total. The van der Waals surface area contributed by atoms with Crippen LogP contribution in [0.25, 0.3) is 32.6 Å². The molecule has 1 aromatic heterocycles. The van der Waals surface area contributed by atoms with E-state index in [-0.39, 0.29) is 0 Å². The van der Waals surface area contributed by atoms with E-state index in [1.807, 2.05) is 24.3 Å². The number of fused-ring (bicyclic) bond motifs is 8. The fourth-order valence-electron chi connectivity index (χ4n) is 4.14. The summed E-state index contributed by atoms with van der Waals surface area (Å²) in [5.41, 5.74) is 2.24. The lowest BCUT2D eigenvalue weighted by Crippen LogP contribution is -2.20. The molecule has 0 bridgehead atoms. The maximum Gasteiger partial charge on any atom is 0.259 e. The van der Waals surface area contributed by atoms with E-state index in [1.165, 1.54) is 21.3 Å². The molecule has 7 heteroatoms. The highest BCUT2D eigenvalue weighted by molar-refractivity contribution is 6.37. The monoisotopic (exact) mass is 376 g/mol. The van der Waals surface area contributed by atoms with Gasteiger partial charge in [-0.2, -0.15) is 0 Å². The lowest BCUT2D eigenvalue weighted by atomic mass is 9.94. The number of benzene rings is 3. The molecule has 0 radical (unpaired) electrons. The number of rotatable bonds is 3. The normalized spacial score (nSPS) is 13.2. The average Bonchev–Trinajstić information content (AvgIpc) is 3.23. The highest BCUT2D eigenvalue weighted by Gasteiger charge is 2.35. The van der Waals surface area contributed by atoms with Crippen molar-refractivity contribution in [2.24, 2.45) is 0 Å². The van der Waals surface area contributed by atoms with Gasteiger partial charge in [0.1, 0.15) is 0 Å². The second-order valence-electron chi connectivity index (χ2n) is 6.52. The van der Waals surface area contributed by atoms with E-state index in [9.17, 15) is 9.59 Å². The number of methoxy groups -OCH3 is 3. The van der Waals surface area contributed by atoms with Gasteiger partial charge >= 0.3 is 0 Å². The van der Waals surface area contributed by atoms with E-state index in [4.69, 9.17) is 14.2 Å². The summed E-state index contributed by atoms with van der Waals surface area (Å²) in [6.07, 6.45) is 0. The van der Waals surface area contributed by atoms with Gasteiger partial charge in [0.05, 0.1) is 43.4 Å². The summed E-state index contributed by atoms with van der Waals surface area (Å²) >= 11 is 0. The predicted molar refractivity (Wildman–Crippen MR) is 105 cm³/mol. The third-order valence-corrected chi connectivity index (χ3v) is 5.24. The maximum atomic E-state index is 12.7. The molecule has 7 nitrogen and oxygen atoms in total. The Morgan fingerprint density at radius 2 is 1.50 bits per heavy atom. The topological polar surface area (TPSA) is 89.7 Å². The van der Waals surface area contributed by atoms with Crippen molar-refractivity contribution in [2.75, 3.05) is 21.3 Å². The van der Waals surface area contributed by atoms with Crippen molar-refractivity contribution in [1.29, 1.82) is 0 Å². The minimum Gasteiger partial charge on any atom is -0.493 e. The van der Waals surface area contributed by atoms with Crippen LogP contribution in [-0.4, -0.2) is 38.1 Å². The fraction of sp³-hybridized carbons (Fsp3) is 0.143. The van der Waals surface area contributed by atoms with Gasteiger partial charge in [-0.05, 0) is 12.1 Å². The number of nitrogens with one attached hydrogen (secondary N) is 2. The molecule has 0 fully saturated rings. The highest BCUT2D eigenvalue weighted by atomic mass is 16.5. The summed E-state index contributed by atoms with van der Waals surface area (Å²) < 4.78 is 16.6. The molecule has 28 heavy (non-hydrogen) atoms. The first kappa shape index (κ1) is 16.4. The molecule has 2 amide bonds. The Labute approximate surface area is 159 Å². The van der Waals surface area contributed by atoms with E-state index in [2.05, 4.69) is 10.3 Å². The van der Waals surface area contributed by atoms with Crippen LogP contribution < -0.4 is 19.5 Å². The molecule has 140 valence electrons. The summed E-state index contributed by atoms with van der Waals surface area (Å²) in [5.74, 6) is 0.416. The third-order valence-electron chi connectivity index (χ3n) is 5.24. The maximum absolute atomic E-state index is 12.7. The first-order valence-corrected chi connectivity index (χ1v) is 8.65. The van der Waals surface area contributed by atoms with Gasteiger partial charge in [-0.15, -0.1) is 0 Å². The molecule has 4 aromatic rings. The molecule has 1 aliphatic heterocycles. The lowest BCUT2D eigenvalue weighted by molar-refractivity contribution is 0.0880. The van der Waals surface area contributed by atoms with Gasteiger partial charge in [-0.25, -0.2) is 0 Å². The summed E-state index contributed by atoms with van der Waals surface area (Å²) in [4.78, 5) is 28.7. The summed E-state index contributed by atoms with van der Waals surface area (Å²) in [6.45, 7) is 0. The quantitative estimate of drug-likeness (QED) is 0.535. The van der Waals surface area contributed by atoms with Gasteiger partial charge in [-0.3, -0.25) is 14.9 Å². The zero-order valence-electron chi connectivity index (χ0n) is 15.4. The van der Waals surface area contributed by atoms with Crippen molar-refractivity contribution in [1.82, 2.24) is 10.3 Å². The van der Waals surface area contributed by atoms with Gasteiger partial charge in [0.25, 0.3) is 11.8 Å². The van der Waals surface area contributed by atoms with E-state index >= 15 is 0 Å². The summed E-state index contributed by atoms with van der Waals surface area (Å²) in [6, 6.07) is 9.36. The number of carbonyl (C=O) groups is 2. The second-order valence-corrected chi connectivity index (χ2v) is 6.52. The Balaban J connectivity index is 2.16. The van der Waals surface area contributed by atoms with Gasteiger partial charge in [0, 0.05) is 21.7 Å². The molecule has 0 spiro atoms. The number of aromatic amines is 1. The number of aromatic nitrogens is 1. The molecule has 2 heterocycles. The highest BCUT2D eigenvalue weighted by Crippen LogP contribution is 2.49. The molecule has 0 unspecified atom stereocenters. The number of ether oxygens (including phenoxy) is 3. The summed E-state index contributed by atoms with van der Waals surface area (Å²) in [7, 11) is 4.57. The SMILES string of the molecule is COc1cc2c3c(c4c5ccccc5[nH]c4c2c(OC)c1OC)C(=O)NC3=O. The zero-order valence-corrected chi connectivity index (χ0v) is 15.4. The smallest absolute Gasteiger partial charge is 0.259 e. The Bertz CT molecular complexity index is 1340. The zero-order chi connectivity index (χ0) is 19.6. The molecule has 0 saturated heterocycles. The van der Waals surface area contributed by atoms with E-state index in [0.717, 1.165) is 10.9 Å². The third kappa shape index (κ3) is 1.87. The molecule has 1 aliphatic rings. The van der Waals surface area contributed by atoms with Crippen molar-refractivity contribution in [3.63, 3.8) is 0 Å². The van der Waals surface area contributed by atoms with E-state index < -0.39 is 11.8 Å². The Morgan fingerprint density at radius 3 is 2.21 bits per heavy atom. The molecule has 3 aromatic carbocycles. The number of para-hydroxylation sites is 1. The fourth-order valence-corrected chi connectivity index (χ4v) is 4.14. The van der Waals surface area contributed by atoms with Crippen LogP contribution in [0.15, 0.2) is 30.3 Å². The summed E-state index contributed by atoms with van der Waals surface area (Å²) in [5, 5.41) is 5.19. The van der Waals surface area contributed by atoms with Crippen LogP contribution in [0.1, 0.15) is 20.7 Å². The van der Waals surface area contributed by atoms with Crippen LogP contribution in [0.4, 0.5) is 0 Å². The first-order chi connectivity index (χ1) is 13.6. The minimum atomic E-state index is -0.438. The molecule has 5 rings (SSSR count). The van der Waals surface area contributed by atoms with Crippen LogP contribution in [0.5, 0.6) is 17.2 Å². The predicted octanol–water partition coefficient (Wildman–Crippen LogP) is 3.38. The second kappa shape index (κ2) is 5.63. The molecule has 0 aliphatic carbocycles. The van der Waals surface area contributed by atoms with Crippen molar-refractivity contribution in [3.05, 3.63) is 41.5 Å². The van der Waals surface area contributed by atoms with Crippen LogP contribution >= 0.6 is 0 Å². The van der Waals surface area contributed by atoms with Gasteiger partial charge in [0.15, 0.2) is 11.5 Å². The Kier molecular flexibility index (Phi) is 3.30. The van der Waals surface area contributed by atoms with Gasteiger partial charge in [0.2, 0.25) is 5.75 Å². The number of imide groups is 1. The van der Waals surface area contributed by atoms with Crippen LogP contribution in [0.2, 0.25) is 0 Å². The first-order valence-electron chi connectivity index (χ1n) is 8.65. The molecular formula is C21H16N2O5. The molecular weight excluding hydrogens is 360 g/mol. The number of hydrogen-bond donors (Lipinski definition) is 2. The molecule has 0 atom stereocenters. The van der Waals surface area contributed by atoms with Crippen LogP contribution in [-0.2, 0) is 0 Å².